The van der Waals surface area contributed by atoms with Gasteiger partial charge in [0.05, 0.1) is 16.8 Å². The number of nitrogens with zero attached hydrogens (tertiary/aromatic N) is 2. The number of rotatable bonds is 8. The van der Waals surface area contributed by atoms with Crippen molar-refractivity contribution >= 4 is 11.4 Å². The van der Waals surface area contributed by atoms with Crippen LogP contribution in [0.15, 0.2) is 30.3 Å². The maximum Gasteiger partial charge on any atom is 0.255 e. The average molecular weight is 430 g/mol. The third-order valence-electron chi connectivity index (χ3n) is 5.13. The van der Waals surface area contributed by atoms with Gasteiger partial charge in [-0.2, -0.15) is 9.61 Å². The summed E-state index contributed by atoms with van der Waals surface area (Å²) >= 11 is 0. The van der Waals surface area contributed by atoms with E-state index in [-0.39, 0.29) is 18.1 Å². The molecule has 0 saturated carbocycles. The fraction of sp³-hybridized carbons (Fsp3) is 0.391. The van der Waals surface area contributed by atoms with E-state index in [2.05, 4.69) is 10.4 Å². The second-order valence-corrected chi connectivity index (χ2v) is 8.22. The third-order valence-corrected chi connectivity index (χ3v) is 5.13. The van der Waals surface area contributed by atoms with E-state index in [0.717, 1.165) is 24.5 Å². The molecule has 1 unspecified atom stereocenters. The summed E-state index contributed by atoms with van der Waals surface area (Å²) in [5, 5.41) is 7.34. The fourth-order valence-electron chi connectivity index (χ4n) is 3.58. The second kappa shape index (κ2) is 9.01. The molecular weight excluding hydrogens is 402 g/mol. The minimum absolute atomic E-state index is 0.0923. The van der Waals surface area contributed by atoms with Gasteiger partial charge in [-0.05, 0) is 44.9 Å². The Balaban J connectivity index is 1.89. The van der Waals surface area contributed by atoms with E-state index in [1.807, 2.05) is 26.8 Å². The van der Waals surface area contributed by atoms with Gasteiger partial charge in [0, 0.05) is 23.7 Å². The molecule has 6 nitrogen and oxygen atoms in total. The Bertz CT molecular complexity index is 1110. The molecule has 0 radical (unpaired) electrons. The summed E-state index contributed by atoms with van der Waals surface area (Å²) in [6, 6.07) is 7.50. The second-order valence-electron chi connectivity index (χ2n) is 8.22. The number of amides is 1. The van der Waals surface area contributed by atoms with Crippen LogP contribution in [0.4, 0.5) is 8.78 Å². The van der Waals surface area contributed by atoms with Crippen molar-refractivity contribution < 1.29 is 18.3 Å². The van der Waals surface area contributed by atoms with Crippen molar-refractivity contribution in [2.45, 2.75) is 52.7 Å². The van der Waals surface area contributed by atoms with E-state index in [0.29, 0.717) is 29.2 Å². The van der Waals surface area contributed by atoms with Crippen molar-refractivity contribution in [1.82, 2.24) is 14.9 Å². The average Bonchev–Trinajstić information content (AvgIpc) is 3.03. The van der Waals surface area contributed by atoms with Crippen molar-refractivity contribution in [3.63, 3.8) is 0 Å². The molecule has 1 atom stereocenters. The van der Waals surface area contributed by atoms with Gasteiger partial charge in [-0.15, -0.1) is 0 Å². The number of fused-ring (bicyclic) bond motifs is 1. The maximum atomic E-state index is 14.0. The number of carbonyl (C=O) groups is 1. The molecule has 1 aromatic carbocycles. The smallest absolute Gasteiger partial charge is 0.255 e. The standard InChI is InChI=1S/C23H28F2N4O2/c1-5-9-23(4,26)13-27-22(30)20-15(3)28-29-18(20)10-14(2)11-19(29)31-12-16-7-6-8-17(24)21(16)25/h6-8,10-11H,5,9,12-13,26H2,1-4H3,(H,27,30). The highest BCUT2D eigenvalue weighted by Gasteiger charge is 2.23. The number of nitrogens with two attached hydrogens (primary N) is 1. The summed E-state index contributed by atoms with van der Waals surface area (Å²) in [7, 11) is 0. The van der Waals surface area contributed by atoms with Gasteiger partial charge in [-0.1, -0.05) is 25.5 Å². The number of aromatic nitrogens is 2. The maximum absolute atomic E-state index is 14.0. The Hall–Kier alpha value is -3.00. The van der Waals surface area contributed by atoms with Gasteiger partial charge in [-0.25, -0.2) is 8.78 Å². The molecule has 0 fully saturated rings. The molecule has 0 aliphatic rings. The first-order chi connectivity index (χ1) is 14.6. The molecule has 0 aliphatic carbocycles. The molecule has 0 saturated heterocycles. The minimum Gasteiger partial charge on any atom is -0.473 e. The zero-order valence-corrected chi connectivity index (χ0v) is 18.3. The number of ether oxygens (including phenoxy) is 1. The molecular formula is C23H28F2N4O2. The Labute approximate surface area is 180 Å². The van der Waals surface area contributed by atoms with Crippen molar-refractivity contribution in [2.75, 3.05) is 6.54 Å². The van der Waals surface area contributed by atoms with Crippen molar-refractivity contribution in [1.29, 1.82) is 0 Å². The van der Waals surface area contributed by atoms with E-state index in [1.54, 1.807) is 13.0 Å². The monoisotopic (exact) mass is 430 g/mol. The van der Waals surface area contributed by atoms with Crippen molar-refractivity contribution in [2.24, 2.45) is 5.73 Å². The molecule has 3 aromatic rings. The zero-order valence-electron chi connectivity index (χ0n) is 18.3. The summed E-state index contributed by atoms with van der Waals surface area (Å²) in [5.74, 6) is -1.82. The Morgan fingerprint density at radius 1 is 1.29 bits per heavy atom. The van der Waals surface area contributed by atoms with Crippen molar-refractivity contribution in [3.8, 4) is 5.88 Å². The van der Waals surface area contributed by atoms with E-state index in [9.17, 15) is 13.6 Å². The predicted octanol–water partition coefficient (Wildman–Crippen LogP) is 4.06. The van der Waals surface area contributed by atoms with Crippen LogP contribution in [0.25, 0.3) is 5.52 Å². The van der Waals surface area contributed by atoms with Gasteiger partial charge in [0.15, 0.2) is 11.6 Å². The molecule has 0 spiro atoms. The molecule has 2 aromatic heterocycles. The van der Waals surface area contributed by atoms with E-state index in [1.165, 1.54) is 16.6 Å². The number of benzene rings is 1. The Morgan fingerprint density at radius 3 is 2.74 bits per heavy atom. The highest BCUT2D eigenvalue weighted by atomic mass is 19.2. The van der Waals surface area contributed by atoms with E-state index in [4.69, 9.17) is 10.5 Å². The Morgan fingerprint density at radius 2 is 2.03 bits per heavy atom. The third kappa shape index (κ3) is 5.02. The lowest BCUT2D eigenvalue weighted by molar-refractivity contribution is 0.0944. The fourth-order valence-corrected chi connectivity index (χ4v) is 3.58. The first kappa shape index (κ1) is 22.7. The number of carbonyl (C=O) groups excluding carboxylic acids is 1. The molecule has 166 valence electrons. The number of nitrogens with one attached hydrogen (secondary N) is 1. The lowest BCUT2D eigenvalue weighted by Gasteiger charge is -2.24. The zero-order chi connectivity index (χ0) is 22.8. The molecule has 0 aliphatic heterocycles. The van der Waals surface area contributed by atoms with Crippen LogP contribution < -0.4 is 15.8 Å². The van der Waals surface area contributed by atoms with Crippen LogP contribution in [-0.4, -0.2) is 27.6 Å². The van der Waals surface area contributed by atoms with E-state index < -0.39 is 17.2 Å². The molecule has 3 rings (SSSR count). The number of hydrogen-bond acceptors (Lipinski definition) is 4. The summed E-state index contributed by atoms with van der Waals surface area (Å²) in [6.07, 6.45) is 1.71. The number of pyridine rings is 1. The van der Waals surface area contributed by atoms with Crippen LogP contribution in [0.1, 0.15) is 53.9 Å². The molecule has 3 N–H and O–H groups in total. The van der Waals surface area contributed by atoms with Crippen LogP contribution in [-0.2, 0) is 6.61 Å². The summed E-state index contributed by atoms with van der Waals surface area (Å²) in [5.41, 5.74) is 8.19. The topological polar surface area (TPSA) is 81.6 Å². The SMILES string of the molecule is CCCC(C)(N)CNC(=O)c1c(C)nn2c(OCc3cccc(F)c3F)cc(C)cc12. The first-order valence-electron chi connectivity index (χ1n) is 10.3. The van der Waals surface area contributed by atoms with Crippen molar-refractivity contribution in [3.05, 3.63) is 64.4 Å². The largest absolute Gasteiger partial charge is 0.473 e. The molecule has 0 bridgehead atoms. The Kier molecular flexibility index (Phi) is 6.59. The number of halogens is 2. The van der Waals surface area contributed by atoms with Crippen LogP contribution in [0.3, 0.4) is 0 Å². The van der Waals surface area contributed by atoms with E-state index >= 15 is 0 Å². The van der Waals surface area contributed by atoms with Gasteiger partial charge in [0.1, 0.15) is 6.61 Å². The highest BCUT2D eigenvalue weighted by molar-refractivity contribution is 6.02. The van der Waals surface area contributed by atoms with Gasteiger partial charge in [0.2, 0.25) is 5.88 Å². The highest BCUT2D eigenvalue weighted by Crippen LogP contribution is 2.24. The van der Waals surface area contributed by atoms with Gasteiger partial charge < -0.3 is 15.8 Å². The first-order valence-corrected chi connectivity index (χ1v) is 10.3. The number of hydrogen-bond donors (Lipinski definition) is 2. The summed E-state index contributed by atoms with van der Waals surface area (Å²) < 4.78 is 34.7. The van der Waals surface area contributed by atoms with Gasteiger partial charge in [0.25, 0.3) is 5.91 Å². The summed E-state index contributed by atoms with van der Waals surface area (Å²) in [4.78, 5) is 12.9. The molecule has 31 heavy (non-hydrogen) atoms. The van der Waals surface area contributed by atoms with Gasteiger partial charge >= 0.3 is 0 Å². The minimum atomic E-state index is -0.944. The van der Waals surface area contributed by atoms with Crippen LogP contribution in [0, 0.1) is 25.5 Å². The van der Waals surface area contributed by atoms with Crippen LogP contribution in [0.5, 0.6) is 5.88 Å². The summed E-state index contributed by atoms with van der Waals surface area (Å²) in [6.45, 7) is 7.71. The molecule has 2 heterocycles. The van der Waals surface area contributed by atoms with Gasteiger partial charge in [-0.3, -0.25) is 4.79 Å². The molecule has 8 heteroatoms. The predicted molar refractivity (Wildman–Crippen MR) is 115 cm³/mol. The number of aryl methyl sites for hydroxylation is 2. The molecule has 1 amide bonds. The van der Waals surface area contributed by atoms with Crippen LogP contribution >= 0.6 is 0 Å². The van der Waals surface area contributed by atoms with Crippen LogP contribution in [0.2, 0.25) is 0 Å². The normalized spacial score (nSPS) is 13.3. The quantitative estimate of drug-likeness (QED) is 0.565. The lowest BCUT2D eigenvalue weighted by atomic mass is 9.97. The lowest BCUT2D eigenvalue weighted by Crippen LogP contribution is -2.47.